The zero-order valence-corrected chi connectivity index (χ0v) is 15.8. The molecule has 2 amide bonds. The number of hydrogen-bond acceptors (Lipinski definition) is 4. The molecular weight excluding hydrogens is 352 g/mol. The van der Waals surface area contributed by atoms with Crippen molar-refractivity contribution in [1.82, 2.24) is 10.3 Å². The molecule has 0 unspecified atom stereocenters. The second kappa shape index (κ2) is 8.81. The molecule has 0 saturated carbocycles. The van der Waals surface area contributed by atoms with Crippen molar-refractivity contribution >= 4 is 23.2 Å². The molecule has 0 aliphatic carbocycles. The van der Waals surface area contributed by atoms with Crippen LogP contribution in [0.25, 0.3) is 0 Å². The third kappa shape index (κ3) is 4.94. The third-order valence-corrected chi connectivity index (χ3v) is 4.19. The van der Waals surface area contributed by atoms with Gasteiger partial charge >= 0.3 is 0 Å². The molecule has 2 aromatic carbocycles. The van der Waals surface area contributed by atoms with Gasteiger partial charge in [0.15, 0.2) is 0 Å². The number of nitrogens with one attached hydrogen (secondary N) is 2. The lowest BCUT2D eigenvalue weighted by atomic mass is 10.2. The summed E-state index contributed by atoms with van der Waals surface area (Å²) in [7, 11) is 3.90. The molecule has 0 bridgehead atoms. The molecule has 28 heavy (non-hydrogen) atoms. The Bertz CT molecular complexity index is 954. The van der Waals surface area contributed by atoms with Crippen LogP contribution >= 0.6 is 0 Å². The predicted octanol–water partition coefficient (Wildman–Crippen LogP) is 3.33. The summed E-state index contributed by atoms with van der Waals surface area (Å²) in [6, 6.07) is 20.2. The molecule has 3 rings (SSSR count). The van der Waals surface area contributed by atoms with Crippen molar-refractivity contribution in [2.45, 2.75) is 6.54 Å². The molecule has 0 atom stereocenters. The van der Waals surface area contributed by atoms with Crippen LogP contribution in [0.1, 0.15) is 26.4 Å². The van der Waals surface area contributed by atoms with E-state index in [0.717, 1.165) is 11.3 Å². The van der Waals surface area contributed by atoms with Gasteiger partial charge < -0.3 is 15.5 Å². The quantitative estimate of drug-likeness (QED) is 0.694. The van der Waals surface area contributed by atoms with Crippen LogP contribution in [0.15, 0.2) is 72.9 Å². The molecule has 142 valence electrons. The summed E-state index contributed by atoms with van der Waals surface area (Å²) >= 11 is 0. The van der Waals surface area contributed by atoms with Gasteiger partial charge in [-0.15, -0.1) is 0 Å². The summed E-state index contributed by atoms with van der Waals surface area (Å²) in [5.41, 5.74) is 3.27. The average molecular weight is 374 g/mol. The summed E-state index contributed by atoms with van der Waals surface area (Å²) in [5.74, 6) is -0.619. The highest BCUT2D eigenvalue weighted by Gasteiger charge is 2.12. The number of aromatic nitrogens is 1. The van der Waals surface area contributed by atoms with E-state index in [1.165, 1.54) is 12.3 Å². The van der Waals surface area contributed by atoms with E-state index in [9.17, 15) is 9.59 Å². The summed E-state index contributed by atoms with van der Waals surface area (Å²) in [6.07, 6.45) is 1.46. The number of nitrogens with zero attached hydrogens (tertiary/aromatic N) is 2. The Hall–Kier alpha value is -3.67. The van der Waals surface area contributed by atoms with E-state index in [2.05, 4.69) is 15.6 Å². The molecule has 3 aromatic rings. The van der Waals surface area contributed by atoms with E-state index in [0.29, 0.717) is 17.8 Å². The molecule has 0 spiro atoms. The van der Waals surface area contributed by atoms with E-state index in [4.69, 9.17) is 0 Å². The van der Waals surface area contributed by atoms with Gasteiger partial charge in [-0.2, -0.15) is 0 Å². The highest BCUT2D eigenvalue weighted by molar-refractivity contribution is 6.04. The minimum atomic E-state index is -0.365. The number of pyridine rings is 1. The molecule has 0 saturated heterocycles. The first-order valence-electron chi connectivity index (χ1n) is 8.90. The maximum Gasteiger partial charge on any atom is 0.274 e. The summed E-state index contributed by atoms with van der Waals surface area (Å²) in [6.45, 7) is 0.418. The van der Waals surface area contributed by atoms with Crippen LogP contribution in [0.4, 0.5) is 11.4 Å². The normalized spacial score (nSPS) is 10.2. The van der Waals surface area contributed by atoms with E-state index >= 15 is 0 Å². The summed E-state index contributed by atoms with van der Waals surface area (Å²) < 4.78 is 0. The Kier molecular flexibility index (Phi) is 6.01. The number of rotatable bonds is 6. The maximum absolute atomic E-state index is 12.5. The van der Waals surface area contributed by atoms with Crippen molar-refractivity contribution in [2.75, 3.05) is 24.3 Å². The average Bonchev–Trinajstić information content (AvgIpc) is 2.73. The minimum absolute atomic E-state index is 0.184. The number of hydrogen-bond donors (Lipinski definition) is 2. The highest BCUT2D eigenvalue weighted by atomic mass is 16.2. The third-order valence-electron chi connectivity index (χ3n) is 4.19. The fourth-order valence-corrected chi connectivity index (χ4v) is 2.61. The first kappa shape index (κ1) is 19.1. The lowest BCUT2D eigenvalue weighted by molar-refractivity contribution is 0.0951. The molecule has 2 N–H and O–H groups in total. The van der Waals surface area contributed by atoms with Crippen LogP contribution in [0.5, 0.6) is 0 Å². The smallest absolute Gasteiger partial charge is 0.274 e. The van der Waals surface area contributed by atoms with Crippen LogP contribution in [0, 0.1) is 0 Å². The summed E-state index contributed by atoms with van der Waals surface area (Å²) in [5, 5.41) is 5.64. The van der Waals surface area contributed by atoms with Crippen molar-refractivity contribution in [3.05, 3.63) is 89.7 Å². The van der Waals surface area contributed by atoms with Crippen molar-refractivity contribution < 1.29 is 9.59 Å². The van der Waals surface area contributed by atoms with Crippen LogP contribution in [0.2, 0.25) is 0 Å². The second-order valence-electron chi connectivity index (χ2n) is 6.49. The van der Waals surface area contributed by atoms with Crippen LogP contribution in [0.3, 0.4) is 0 Å². The van der Waals surface area contributed by atoms with Crippen molar-refractivity contribution in [3.63, 3.8) is 0 Å². The Morgan fingerprint density at radius 2 is 1.64 bits per heavy atom. The van der Waals surface area contributed by atoms with Gasteiger partial charge in [0.2, 0.25) is 0 Å². The van der Waals surface area contributed by atoms with Crippen molar-refractivity contribution in [3.8, 4) is 0 Å². The minimum Gasteiger partial charge on any atom is -0.378 e. The maximum atomic E-state index is 12.5. The number of anilines is 2. The number of amides is 2. The number of carbonyl (C=O) groups excluding carboxylic acids is 2. The SMILES string of the molecule is CN(C)c1ccc(NC(=O)c2cc(C(=O)NCc3ccccc3)ccn2)cc1. The van der Waals surface area contributed by atoms with Gasteiger partial charge in [-0.3, -0.25) is 14.6 Å². The van der Waals surface area contributed by atoms with E-state index in [1.807, 2.05) is 73.6 Å². The molecule has 6 nitrogen and oxygen atoms in total. The van der Waals surface area contributed by atoms with Gasteiger partial charge in [0.05, 0.1) is 0 Å². The number of benzene rings is 2. The summed E-state index contributed by atoms with van der Waals surface area (Å²) in [4.78, 5) is 30.9. The van der Waals surface area contributed by atoms with Gasteiger partial charge in [-0.25, -0.2) is 0 Å². The second-order valence-corrected chi connectivity index (χ2v) is 6.49. The van der Waals surface area contributed by atoms with E-state index in [-0.39, 0.29) is 17.5 Å². The molecule has 0 radical (unpaired) electrons. The van der Waals surface area contributed by atoms with Crippen molar-refractivity contribution in [2.24, 2.45) is 0 Å². The molecule has 0 aliphatic heterocycles. The molecule has 0 fully saturated rings. The lowest BCUT2D eigenvalue weighted by Crippen LogP contribution is -2.23. The molecule has 1 heterocycles. The molecule has 0 aliphatic rings. The lowest BCUT2D eigenvalue weighted by Gasteiger charge is -2.13. The Morgan fingerprint density at radius 3 is 2.32 bits per heavy atom. The van der Waals surface area contributed by atoms with Gasteiger partial charge in [-0.05, 0) is 42.0 Å². The Labute approximate surface area is 164 Å². The number of carbonyl (C=O) groups is 2. The largest absolute Gasteiger partial charge is 0.378 e. The Morgan fingerprint density at radius 1 is 0.929 bits per heavy atom. The van der Waals surface area contributed by atoms with Gasteiger partial charge in [-0.1, -0.05) is 30.3 Å². The fraction of sp³-hybridized carbons (Fsp3) is 0.136. The van der Waals surface area contributed by atoms with Gasteiger partial charge in [0, 0.05) is 43.8 Å². The first-order valence-corrected chi connectivity index (χ1v) is 8.90. The zero-order valence-electron chi connectivity index (χ0n) is 15.8. The predicted molar refractivity (Wildman–Crippen MR) is 111 cm³/mol. The monoisotopic (exact) mass is 374 g/mol. The molecule has 6 heteroatoms. The first-order chi connectivity index (χ1) is 13.5. The standard InChI is InChI=1S/C22H22N4O2/c1-26(2)19-10-8-18(9-11-19)25-22(28)20-14-17(12-13-23-20)21(27)24-15-16-6-4-3-5-7-16/h3-14H,15H2,1-2H3,(H,24,27)(H,25,28). The van der Waals surface area contributed by atoms with Gasteiger partial charge in [0.1, 0.15) is 5.69 Å². The molecule has 1 aromatic heterocycles. The van der Waals surface area contributed by atoms with Crippen LogP contribution < -0.4 is 15.5 Å². The van der Waals surface area contributed by atoms with E-state index in [1.54, 1.807) is 6.07 Å². The van der Waals surface area contributed by atoms with Crippen LogP contribution in [-0.2, 0) is 6.54 Å². The molecular formula is C22H22N4O2. The topological polar surface area (TPSA) is 74.3 Å². The van der Waals surface area contributed by atoms with Crippen molar-refractivity contribution in [1.29, 1.82) is 0 Å². The Balaban J connectivity index is 1.64. The van der Waals surface area contributed by atoms with E-state index < -0.39 is 0 Å². The fourth-order valence-electron chi connectivity index (χ4n) is 2.61. The zero-order chi connectivity index (χ0) is 19.9. The van der Waals surface area contributed by atoms with Crippen LogP contribution in [-0.4, -0.2) is 30.9 Å². The van der Waals surface area contributed by atoms with Gasteiger partial charge in [0.25, 0.3) is 11.8 Å². The highest BCUT2D eigenvalue weighted by Crippen LogP contribution is 2.16.